The number of carbonyl (C=O) groups is 1. The molecule has 0 aromatic heterocycles. The fourth-order valence-corrected chi connectivity index (χ4v) is 3.67. The molecule has 4 unspecified atom stereocenters. The zero-order valence-corrected chi connectivity index (χ0v) is 13.6. The first-order valence-electron chi connectivity index (χ1n) is 8.13. The van der Waals surface area contributed by atoms with Crippen LogP contribution in [0.25, 0.3) is 0 Å². The molecule has 2 aliphatic rings. The predicted molar refractivity (Wildman–Crippen MR) is 80.4 cm³/mol. The molecule has 0 bridgehead atoms. The normalized spacial score (nSPS) is 36.2. The van der Waals surface area contributed by atoms with Gasteiger partial charge in [-0.2, -0.15) is 0 Å². The highest BCUT2D eigenvalue weighted by Crippen LogP contribution is 2.47. The Morgan fingerprint density at radius 3 is 2.65 bits per heavy atom. The van der Waals surface area contributed by atoms with E-state index in [1.54, 1.807) is 0 Å². The highest BCUT2D eigenvalue weighted by atomic mass is 16.5. The highest BCUT2D eigenvalue weighted by Gasteiger charge is 2.55. The second-order valence-electron chi connectivity index (χ2n) is 6.80. The average molecular weight is 282 g/mol. The van der Waals surface area contributed by atoms with E-state index in [1.807, 2.05) is 6.92 Å². The largest absolute Gasteiger partial charge is 0.378 e. The van der Waals surface area contributed by atoms with Crippen molar-refractivity contribution in [3.8, 4) is 0 Å². The van der Waals surface area contributed by atoms with E-state index in [-0.39, 0.29) is 23.7 Å². The van der Waals surface area contributed by atoms with Crippen molar-refractivity contribution in [2.24, 2.45) is 5.41 Å². The van der Waals surface area contributed by atoms with Crippen LogP contribution >= 0.6 is 0 Å². The van der Waals surface area contributed by atoms with Gasteiger partial charge in [0.2, 0.25) is 5.91 Å². The monoisotopic (exact) mass is 282 g/mol. The highest BCUT2D eigenvalue weighted by molar-refractivity contribution is 5.84. The summed E-state index contributed by atoms with van der Waals surface area (Å²) in [6.45, 7) is 11.5. The van der Waals surface area contributed by atoms with E-state index in [9.17, 15) is 4.79 Å². The van der Waals surface area contributed by atoms with E-state index in [4.69, 9.17) is 4.74 Å². The van der Waals surface area contributed by atoms with Gasteiger partial charge in [0.25, 0.3) is 0 Å². The van der Waals surface area contributed by atoms with Gasteiger partial charge in [-0.25, -0.2) is 0 Å². The van der Waals surface area contributed by atoms with E-state index < -0.39 is 0 Å². The first-order chi connectivity index (χ1) is 9.43. The zero-order chi connectivity index (χ0) is 14.9. The molecule has 1 amide bonds. The molecule has 2 fully saturated rings. The summed E-state index contributed by atoms with van der Waals surface area (Å²) in [4.78, 5) is 14.7. The molecule has 116 valence electrons. The lowest BCUT2D eigenvalue weighted by Gasteiger charge is -2.55. The van der Waals surface area contributed by atoms with Crippen LogP contribution in [0.4, 0.5) is 0 Å². The third kappa shape index (κ3) is 2.60. The number of amides is 1. The van der Waals surface area contributed by atoms with Gasteiger partial charge in [-0.1, -0.05) is 33.6 Å². The van der Waals surface area contributed by atoms with Crippen LogP contribution in [-0.2, 0) is 9.53 Å². The van der Waals surface area contributed by atoms with Crippen LogP contribution in [0.2, 0.25) is 0 Å². The van der Waals surface area contributed by atoms with Crippen LogP contribution < -0.4 is 5.32 Å². The third-order valence-electron chi connectivity index (χ3n) is 5.09. The van der Waals surface area contributed by atoms with Crippen molar-refractivity contribution in [1.82, 2.24) is 10.2 Å². The van der Waals surface area contributed by atoms with E-state index in [2.05, 4.69) is 37.9 Å². The van der Waals surface area contributed by atoms with E-state index >= 15 is 0 Å². The Morgan fingerprint density at radius 2 is 2.10 bits per heavy atom. The third-order valence-corrected chi connectivity index (χ3v) is 5.09. The SMILES string of the molecule is CCCCC1NC(C)N(C2CC(OCC)C2(C)C)C1=O. The van der Waals surface area contributed by atoms with Crippen molar-refractivity contribution >= 4 is 5.91 Å². The molecule has 1 N–H and O–H groups in total. The molecule has 20 heavy (non-hydrogen) atoms. The molecule has 1 aliphatic carbocycles. The van der Waals surface area contributed by atoms with Gasteiger partial charge in [-0.15, -0.1) is 0 Å². The van der Waals surface area contributed by atoms with Crippen molar-refractivity contribution in [2.45, 2.75) is 84.7 Å². The van der Waals surface area contributed by atoms with Gasteiger partial charge in [-0.05, 0) is 26.7 Å². The summed E-state index contributed by atoms with van der Waals surface area (Å²) < 4.78 is 5.79. The maximum atomic E-state index is 12.6. The second kappa shape index (κ2) is 6.02. The Labute approximate surface area is 123 Å². The van der Waals surface area contributed by atoms with Crippen LogP contribution in [0, 0.1) is 5.41 Å². The number of nitrogens with zero attached hydrogens (tertiary/aromatic N) is 1. The first kappa shape index (κ1) is 15.8. The molecule has 2 rings (SSSR count). The Balaban J connectivity index is 2.01. The summed E-state index contributed by atoms with van der Waals surface area (Å²) in [7, 11) is 0. The summed E-state index contributed by atoms with van der Waals surface area (Å²) in [5.41, 5.74) is 0.0568. The summed E-state index contributed by atoms with van der Waals surface area (Å²) in [6.07, 6.45) is 4.61. The Hall–Kier alpha value is -0.610. The quantitative estimate of drug-likeness (QED) is 0.814. The lowest BCUT2D eigenvalue weighted by molar-refractivity contribution is -0.167. The van der Waals surface area contributed by atoms with E-state index in [1.165, 1.54) is 0 Å². The molecular weight excluding hydrogens is 252 g/mol. The van der Waals surface area contributed by atoms with E-state index in [0.29, 0.717) is 11.9 Å². The minimum absolute atomic E-state index is 0.0203. The number of carbonyl (C=O) groups excluding carboxylic acids is 1. The molecular formula is C16H30N2O2. The van der Waals surface area contributed by atoms with Crippen molar-refractivity contribution < 1.29 is 9.53 Å². The summed E-state index contributed by atoms with van der Waals surface area (Å²) in [6, 6.07) is 0.326. The number of unbranched alkanes of at least 4 members (excludes halogenated alkanes) is 1. The van der Waals surface area contributed by atoms with Crippen molar-refractivity contribution in [3.05, 3.63) is 0 Å². The van der Waals surface area contributed by atoms with Gasteiger partial charge < -0.3 is 9.64 Å². The van der Waals surface area contributed by atoms with Gasteiger partial charge in [0.15, 0.2) is 0 Å². The summed E-state index contributed by atoms with van der Waals surface area (Å²) in [5.74, 6) is 0.291. The summed E-state index contributed by atoms with van der Waals surface area (Å²) in [5, 5.41) is 3.46. The smallest absolute Gasteiger partial charge is 0.241 e. The molecule has 4 nitrogen and oxygen atoms in total. The van der Waals surface area contributed by atoms with Gasteiger partial charge in [-0.3, -0.25) is 10.1 Å². The minimum Gasteiger partial charge on any atom is -0.378 e. The zero-order valence-electron chi connectivity index (χ0n) is 13.6. The molecule has 0 spiro atoms. The van der Waals surface area contributed by atoms with Crippen LogP contribution in [0.5, 0.6) is 0 Å². The maximum Gasteiger partial charge on any atom is 0.241 e. The Bertz CT molecular complexity index is 356. The molecule has 0 aromatic rings. The van der Waals surface area contributed by atoms with Crippen molar-refractivity contribution in [2.75, 3.05) is 6.61 Å². The fraction of sp³-hybridized carbons (Fsp3) is 0.938. The molecule has 4 heteroatoms. The lowest BCUT2D eigenvalue weighted by Crippen LogP contribution is -2.64. The number of hydrogen-bond donors (Lipinski definition) is 1. The predicted octanol–water partition coefficient (Wildman–Crippen LogP) is 2.53. The van der Waals surface area contributed by atoms with Gasteiger partial charge in [0, 0.05) is 18.1 Å². The fourth-order valence-electron chi connectivity index (χ4n) is 3.67. The minimum atomic E-state index is 0.0203. The van der Waals surface area contributed by atoms with E-state index in [0.717, 1.165) is 32.3 Å². The van der Waals surface area contributed by atoms with Crippen LogP contribution in [0.3, 0.4) is 0 Å². The molecule has 1 saturated carbocycles. The van der Waals surface area contributed by atoms with Crippen LogP contribution in [-0.4, -0.2) is 41.8 Å². The van der Waals surface area contributed by atoms with Gasteiger partial charge in [0.1, 0.15) is 0 Å². The summed E-state index contributed by atoms with van der Waals surface area (Å²) >= 11 is 0. The Kier molecular flexibility index (Phi) is 4.75. The Morgan fingerprint density at radius 1 is 1.40 bits per heavy atom. The first-order valence-corrected chi connectivity index (χ1v) is 8.13. The van der Waals surface area contributed by atoms with Crippen LogP contribution in [0.1, 0.15) is 60.3 Å². The standard InChI is InChI=1S/C16H30N2O2/c1-6-8-9-12-15(19)18(11(3)17-12)13-10-14(20-7-2)16(13,4)5/h11-14,17H,6-10H2,1-5H3. The molecule has 1 aliphatic heterocycles. The molecule has 0 radical (unpaired) electrons. The van der Waals surface area contributed by atoms with Crippen LogP contribution in [0.15, 0.2) is 0 Å². The number of rotatable bonds is 6. The topological polar surface area (TPSA) is 41.6 Å². The molecule has 4 atom stereocenters. The number of hydrogen-bond acceptors (Lipinski definition) is 3. The van der Waals surface area contributed by atoms with Gasteiger partial charge >= 0.3 is 0 Å². The average Bonchev–Trinajstić information content (AvgIpc) is 2.67. The second-order valence-corrected chi connectivity index (χ2v) is 6.80. The number of ether oxygens (including phenoxy) is 1. The maximum absolute atomic E-state index is 12.6. The molecule has 1 saturated heterocycles. The van der Waals surface area contributed by atoms with Crippen molar-refractivity contribution in [1.29, 1.82) is 0 Å². The number of nitrogens with one attached hydrogen (secondary N) is 1. The van der Waals surface area contributed by atoms with Crippen molar-refractivity contribution in [3.63, 3.8) is 0 Å². The lowest BCUT2D eigenvalue weighted by atomic mass is 9.63. The molecule has 1 heterocycles. The van der Waals surface area contributed by atoms with Gasteiger partial charge in [0.05, 0.1) is 18.3 Å². The molecule has 0 aromatic carbocycles.